The van der Waals surface area contributed by atoms with E-state index in [9.17, 15) is 8.42 Å². The zero-order valence-electron chi connectivity index (χ0n) is 16.6. The summed E-state index contributed by atoms with van der Waals surface area (Å²) in [7, 11) is -3.84. The first-order valence-corrected chi connectivity index (χ1v) is 11.9. The third-order valence-corrected chi connectivity index (χ3v) is 8.74. The summed E-state index contributed by atoms with van der Waals surface area (Å²) in [5.41, 5.74) is 3.85. The lowest BCUT2D eigenvalue weighted by Crippen LogP contribution is -2.60. The fourth-order valence-electron chi connectivity index (χ4n) is 4.58. The molecule has 0 aliphatic carbocycles. The molecule has 7 heteroatoms. The quantitative estimate of drug-likeness (QED) is 0.487. The van der Waals surface area contributed by atoms with E-state index < -0.39 is 15.7 Å². The summed E-state index contributed by atoms with van der Waals surface area (Å²) in [6, 6.07) is 18.5. The van der Waals surface area contributed by atoms with Crippen LogP contribution in [-0.2, 0) is 23.0 Å². The molecule has 3 aromatic rings. The maximum Gasteiger partial charge on any atom is 0.266 e. The average Bonchev–Trinajstić information content (AvgIpc) is 2.94. The highest BCUT2D eigenvalue weighted by Gasteiger charge is 2.53. The van der Waals surface area contributed by atoms with Crippen LogP contribution in [0.25, 0.3) is 0 Å². The number of aryl methyl sites for hydroxylation is 1. The van der Waals surface area contributed by atoms with Crippen LogP contribution >= 0.6 is 23.2 Å². The Balaban J connectivity index is 1.76. The summed E-state index contributed by atoms with van der Waals surface area (Å²) in [5.74, 6) is 0. The van der Waals surface area contributed by atoms with Crippen molar-refractivity contribution in [1.29, 1.82) is 0 Å². The second kappa shape index (κ2) is 6.64. The molecule has 2 aliphatic heterocycles. The molecule has 2 heterocycles. The molecule has 30 heavy (non-hydrogen) atoms. The first kappa shape index (κ1) is 19.7. The van der Waals surface area contributed by atoms with Crippen molar-refractivity contribution >= 4 is 44.6 Å². The molecule has 0 radical (unpaired) electrons. The van der Waals surface area contributed by atoms with Gasteiger partial charge in [0.2, 0.25) is 0 Å². The van der Waals surface area contributed by atoms with E-state index in [2.05, 4.69) is 17.0 Å². The molecule has 154 valence electrons. The smallest absolute Gasteiger partial charge is 0.266 e. The van der Waals surface area contributed by atoms with Crippen molar-refractivity contribution < 1.29 is 8.42 Å². The van der Waals surface area contributed by atoms with Crippen molar-refractivity contribution in [3.05, 3.63) is 87.4 Å². The Labute approximate surface area is 186 Å². The monoisotopic (exact) mass is 458 g/mol. The van der Waals surface area contributed by atoms with Crippen molar-refractivity contribution in [2.24, 2.45) is 0 Å². The third-order valence-electron chi connectivity index (χ3n) is 6.08. The van der Waals surface area contributed by atoms with Crippen LogP contribution in [0.15, 0.2) is 65.6 Å². The third kappa shape index (κ3) is 2.76. The molecule has 3 aromatic carbocycles. The number of sulfonamides is 1. The van der Waals surface area contributed by atoms with Gasteiger partial charge in [0.05, 0.1) is 26.3 Å². The summed E-state index contributed by atoms with van der Waals surface area (Å²) in [6.45, 7) is 4.50. The van der Waals surface area contributed by atoms with Gasteiger partial charge in [0.25, 0.3) is 10.0 Å². The molecule has 0 fully saturated rings. The molecule has 4 nitrogen and oxygen atoms in total. The second-order valence-corrected chi connectivity index (χ2v) is 10.7. The lowest BCUT2D eigenvalue weighted by atomic mass is 9.91. The Morgan fingerprint density at radius 2 is 1.50 bits per heavy atom. The van der Waals surface area contributed by atoms with E-state index in [4.69, 9.17) is 23.2 Å². The van der Waals surface area contributed by atoms with Crippen LogP contribution in [0.5, 0.6) is 0 Å². The lowest BCUT2D eigenvalue weighted by Gasteiger charge is -2.46. The number of benzene rings is 3. The van der Waals surface area contributed by atoms with Gasteiger partial charge in [-0.2, -0.15) is 0 Å². The molecular weight excluding hydrogens is 439 g/mol. The van der Waals surface area contributed by atoms with Crippen LogP contribution in [0.2, 0.25) is 10.0 Å². The lowest BCUT2D eigenvalue weighted by molar-refractivity contribution is 0.426. The Bertz CT molecular complexity index is 1270. The zero-order chi connectivity index (χ0) is 21.3. The van der Waals surface area contributed by atoms with Gasteiger partial charge in [-0.3, -0.25) is 0 Å². The summed E-state index contributed by atoms with van der Waals surface area (Å²) in [4.78, 5) is 2.38. The molecule has 0 spiro atoms. The minimum absolute atomic E-state index is 0.257. The van der Waals surface area contributed by atoms with Crippen molar-refractivity contribution in [2.45, 2.75) is 37.4 Å². The molecule has 5 rings (SSSR count). The summed E-state index contributed by atoms with van der Waals surface area (Å²) < 4.78 is 29.3. The van der Waals surface area contributed by atoms with E-state index in [0.717, 1.165) is 16.8 Å². The minimum atomic E-state index is -3.84. The molecule has 0 aromatic heterocycles. The van der Waals surface area contributed by atoms with Gasteiger partial charge in [0, 0.05) is 13.0 Å². The average molecular weight is 459 g/mol. The molecular formula is C23H20Cl2N2O2S. The summed E-state index contributed by atoms with van der Waals surface area (Å²) in [5, 5.41) is 0.742. The second-order valence-electron chi connectivity index (χ2n) is 8.09. The Morgan fingerprint density at radius 1 is 0.900 bits per heavy atom. The van der Waals surface area contributed by atoms with E-state index in [1.807, 2.05) is 38.1 Å². The normalized spacial score (nSPS) is 20.0. The fourth-order valence-corrected chi connectivity index (χ4v) is 6.67. The van der Waals surface area contributed by atoms with Crippen LogP contribution < -0.4 is 9.21 Å². The number of rotatable bonds is 2. The molecule has 0 N–H and O–H groups in total. The van der Waals surface area contributed by atoms with Crippen molar-refractivity contribution in [2.75, 3.05) is 9.21 Å². The molecule has 0 saturated carbocycles. The Morgan fingerprint density at radius 3 is 2.17 bits per heavy atom. The maximum atomic E-state index is 13.9. The first-order chi connectivity index (χ1) is 14.2. The van der Waals surface area contributed by atoms with Gasteiger partial charge in [-0.1, -0.05) is 65.2 Å². The van der Waals surface area contributed by atoms with Crippen molar-refractivity contribution in [3.63, 3.8) is 0 Å². The van der Waals surface area contributed by atoms with Gasteiger partial charge in [0.1, 0.15) is 5.66 Å². The van der Waals surface area contributed by atoms with Crippen LogP contribution in [0.4, 0.5) is 11.4 Å². The number of hydrogen-bond acceptors (Lipinski definition) is 3. The maximum absolute atomic E-state index is 13.9. The summed E-state index contributed by atoms with van der Waals surface area (Å²) in [6.07, 6.45) is 0.554. The highest BCUT2D eigenvalue weighted by atomic mass is 35.5. The standard InChI is InChI=1S/C23H20Cl2N2O2S/c1-15-7-9-18(10-8-15)30(28,29)27-22-12-20(25)19(24)11-21(22)26-14-17-6-4-3-5-16(17)13-23(26,27)2/h3-12H,13-14H2,1-2H3. The van der Waals surface area contributed by atoms with Crippen molar-refractivity contribution in [3.8, 4) is 0 Å². The predicted octanol–water partition coefficient (Wildman–Crippen LogP) is 5.79. The van der Waals surface area contributed by atoms with E-state index in [0.29, 0.717) is 28.7 Å². The Kier molecular flexibility index (Phi) is 4.37. The van der Waals surface area contributed by atoms with Gasteiger partial charge in [-0.15, -0.1) is 0 Å². The topological polar surface area (TPSA) is 40.6 Å². The molecule has 0 amide bonds. The number of hydrogen-bond donors (Lipinski definition) is 0. The first-order valence-electron chi connectivity index (χ1n) is 9.67. The highest BCUT2D eigenvalue weighted by Crippen LogP contribution is 2.53. The summed E-state index contributed by atoms with van der Waals surface area (Å²) >= 11 is 12.7. The van der Waals surface area contributed by atoms with Gasteiger partial charge in [0.15, 0.2) is 0 Å². The highest BCUT2D eigenvalue weighted by molar-refractivity contribution is 7.93. The van der Waals surface area contributed by atoms with E-state index in [-0.39, 0.29) is 4.90 Å². The van der Waals surface area contributed by atoms with Gasteiger partial charge in [-0.25, -0.2) is 12.7 Å². The molecule has 1 atom stereocenters. The van der Waals surface area contributed by atoms with Crippen molar-refractivity contribution in [1.82, 2.24) is 0 Å². The minimum Gasteiger partial charge on any atom is -0.341 e. The van der Waals surface area contributed by atoms with E-state index >= 15 is 0 Å². The number of anilines is 2. The largest absolute Gasteiger partial charge is 0.341 e. The van der Waals surface area contributed by atoms with Gasteiger partial charge >= 0.3 is 0 Å². The molecule has 0 saturated heterocycles. The van der Waals surface area contributed by atoms with Crippen LogP contribution in [0.1, 0.15) is 23.6 Å². The van der Waals surface area contributed by atoms with E-state index in [1.54, 1.807) is 24.3 Å². The number of fused-ring (bicyclic) bond motifs is 4. The zero-order valence-corrected chi connectivity index (χ0v) is 18.9. The predicted molar refractivity (Wildman–Crippen MR) is 122 cm³/mol. The number of halogens is 2. The SMILES string of the molecule is Cc1ccc(S(=O)(=O)N2c3cc(Cl)c(Cl)cc3N3Cc4ccccc4CC32C)cc1. The van der Waals surface area contributed by atoms with Gasteiger partial charge < -0.3 is 4.90 Å². The van der Waals surface area contributed by atoms with E-state index in [1.165, 1.54) is 9.87 Å². The van der Waals surface area contributed by atoms with Crippen LogP contribution in [0, 0.1) is 6.92 Å². The fraction of sp³-hybridized carbons (Fsp3) is 0.217. The molecule has 1 unspecified atom stereocenters. The molecule has 0 bridgehead atoms. The van der Waals surface area contributed by atoms with Crippen LogP contribution in [-0.4, -0.2) is 14.1 Å². The van der Waals surface area contributed by atoms with Crippen LogP contribution in [0.3, 0.4) is 0 Å². The van der Waals surface area contributed by atoms with Gasteiger partial charge in [-0.05, 0) is 49.2 Å². The number of nitrogens with zero attached hydrogens (tertiary/aromatic N) is 2. The molecule has 2 aliphatic rings. The Hall–Kier alpha value is -2.21.